The first-order valence-corrected chi connectivity index (χ1v) is 5.28. The van der Waals surface area contributed by atoms with Crippen molar-refractivity contribution in [2.75, 3.05) is 14.2 Å². The molecule has 86 valence electrons. The minimum absolute atomic E-state index is 0.199. The van der Waals surface area contributed by atoms with Gasteiger partial charge in [0, 0.05) is 32.3 Å². The summed E-state index contributed by atoms with van der Waals surface area (Å²) in [5.74, 6) is 0. The van der Waals surface area contributed by atoms with Crippen LogP contribution in [0.1, 0.15) is 18.3 Å². The molecular formula is C11H21N3O. The second-order valence-electron chi connectivity index (χ2n) is 3.94. The monoisotopic (exact) mass is 211 g/mol. The Hall–Kier alpha value is -0.870. The van der Waals surface area contributed by atoms with Crippen molar-refractivity contribution in [3.8, 4) is 0 Å². The van der Waals surface area contributed by atoms with Crippen LogP contribution < -0.4 is 5.32 Å². The van der Waals surface area contributed by atoms with Crippen LogP contribution in [0.25, 0.3) is 0 Å². The summed E-state index contributed by atoms with van der Waals surface area (Å²) in [6, 6.07) is 2.44. The Kier molecular flexibility index (Phi) is 4.29. The van der Waals surface area contributed by atoms with Gasteiger partial charge >= 0.3 is 0 Å². The number of aromatic nitrogens is 2. The molecule has 4 heteroatoms. The van der Waals surface area contributed by atoms with Gasteiger partial charge < -0.3 is 10.1 Å². The fourth-order valence-electron chi connectivity index (χ4n) is 1.75. The molecule has 0 spiro atoms. The van der Waals surface area contributed by atoms with Gasteiger partial charge in [0.1, 0.15) is 0 Å². The van der Waals surface area contributed by atoms with Crippen LogP contribution in [0.15, 0.2) is 6.07 Å². The molecule has 2 unspecified atom stereocenters. The lowest BCUT2D eigenvalue weighted by atomic mass is 10.1. The topological polar surface area (TPSA) is 39.1 Å². The Morgan fingerprint density at radius 3 is 2.67 bits per heavy atom. The predicted molar refractivity (Wildman–Crippen MR) is 61.0 cm³/mol. The van der Waals surface area contributed by atoms with E-state index in [1.54, 1.807) is 7.11 Å². The molecule has 0 radical (unpaired) electrons. The molecule has 0 amide bonds. The second-order valence-corrected chi connectivity index (χ2v) is 3.94. The molecule has 0 aliphatic carbocycles. The van der Waals surface area contributed by atoms with E-state index in [1.807, 2.05) is 25.7 Å². The van der Waals surface area contributed by atoms with Gasteiger partial charge in [-0.1, -0.05) is 0 Å². The molecule has 4 nitrogen and oxygen atoms in total. The minimum atomic E-state index is 0.199. The van der Waals surface area contributed by atoms with Crippen molar-refractivity contribution < 1.29 is 4.74 Å². The summed E-state index contributed by atoms with van der Waals surface area (Å²) in [6.45, 7) is 4.09. The molecule has 1 aromatic heterocycles. The molecule has 1 rings (SSSR count). The molecule has 0 aliphatic heterocycles. The molecular weight excluding hydrogens is 190 g/mol. The van der Waals surface area contributed by atoms with Crippen molar-refractivity contribution in [2.45, 2.75) is 32.4 Å². The molecule has 1 heterocycles. The van der Waals surface area contributed by atoms with E-state index in [-0.39, 0.29) is 6.10 Å². The van der Waals surface area contributed by atoms with Crippen molar-refractivity contribution in [2.24, 2.45) is 7.05 Å². The van der Waals surface area contributed by atoms with Gasteiger partial charge in [-0.25, -0.2) is 0 Å². The van der Waals surface area contributed by atoms with Crippen molar-refractivity contribution in [3.63, 3.8) is 0 Å². The van der Waals surface area contributed by atoms with Crippen LogP contribution in [0.4, 0.5) is 0 Å². The molecule has 0 saturated heterocycles. The molecule has 1 aromatic rings. The van der Waals surface area contributed by atoms with E-state index in [4.69, 9.17) is 4.74 Å². The average molecular weight is 211 g/mol. The Morgan fingerprint density at radius 1 is 1.60 bits per heavy atom. The summed E-state index contributed by atoms with van der Waals surface area (Å²) in [7, 11) is 5.68. The normalized spacial score (nSPS) is 15.3. The molecule has 0 bridgehead atoms. The van der Waals surface area contributed by atoms with Crippen LogP contribution >= 0.6 is 0 Å². The van der Waals surface area contributed by atoms with Gasteiger partial charge in [-0.2, -0.15) is 5.10 Å². The smallest absolute Gasteiger partial charge is 0.0699 e. The van der Waals surface area contributed by atoms with Gasteiger partial charge in [0.15, 0.2) is 0 Å². The number of likely N-dealkylation sites (N-methyl/N-ethyl adjacent to an activating group) is 1. The van der Waals surface area contributed by atoms with Gasteiger partial charge in [0.05, 0.1) is 11.8 Å². The molecule has 0 aromatic carbocycles. The fourth-order valence-corrected chi connectivity index (χ4v) is 1.75. The third-order valence-electron chi connectivity index (χ3n) is 2.84. The third-order valence-corrected chi connectivity index (χ3v) is 2.84. The summed E-state index contributed by atoms with van der Waals surface area (Å²) in [6.07, 6.45) is 1.13. The first-order chi connectivity index (χ1) is 7.08. The summed E-state index contributed by atoms with van der Waals surface area (Å²) in [5.41, 5.74) is 2.29. The van der Waals surface area contributed by atoms with E-state index in [9.17, 15) is 0 Å². The summed E-state index contributed by atoms with van der Waals surface area (Å²) in [5, 5.41) is 7.60. The second kappa shape index (κ2) is 5.28. The van der Waals surface area contributed by atoms with Gasteiger partial charge in [-0.05, 0) is 27.0 Å². The molecule has 15 heavy (non-hydrogen) atoms. The van der Waals surface area contributed by atoms with Crippen molar-refractivity contribution in [3.05, 3.63) is 17.5 Å². The lowest BCUT2D eigenvalue weighted by Crippen LogP contribution is -2.39. The standard InChI is InChI=1S/C11H21N3O/c1-8-6-10(14(4)13-8)7-11(12-3)9(2)15-5/h6,9,11-12H,7H2,1-5H3. The average Bonchev–Trinajstić information content (AvgIpc) is 2.52. The SMILES string of the molecule is CNC(Cc1cc(C)nn1C)C(C)OC. The quantitative estimate of drug-likeness (QED) is 0.786. The minimum Gasteiger partial charge on any atom is -0.380 e. The highest BCUT2D eigenvalue weighted by Crippen LogP contribution is 2.08. The van der Waals surface area contributed by atoms with Crippen LogP contribution in [0.5, 0.6) is 0 Å². The highest BCUT2D eigenvalue weighted by molar-refractivity contribution is 5.10. The van der Waals surface area contributed by atoms with Crippen LogP contribution in [0.3, 0.4) is 0 Å². The number of rotatable bonds is 5. The van der Waals surface area contributed by atoms with Crippen LogP contribution in [0, 0.1) is 6.92 Å². The van der Waals surface area contributed by atoms with E-state index in [2.05, 4.69) is 23.4 Å². The summed E-state index contributed by atoms with van der Waals surface area (Å²) >= 11 is 0. The van der Waals surface area contributed by atoms with Crippen LogP contribution in [-0.4, -0.2) is 36.1 Å². The lowest BCUT2D eigenvalue weighted by Gasteiger charge is -2.22. The molecule has 0 aliphatic rings. The number of nitrogens with one attached hydrogen (secondary N) is 1. The van der Waals surface area contributed by atoms with E-state index in [0.717, 1.165) is 12.1 Å². The Bertz CT molecular complexity index is 309. The van der Waals surface area contributed by atoms with E-state index < -0.39 is 0 Å². The van der Waals surface area contributed by atoms with Crippen LogP contribution in [-0.2, 0) is 18.2 Å². The summed E-state index contributed by atoms with van der Waals surface area (Å²) in [4.78, 5) is 0. The zero-order chi connectivity index (χ0) is 11.4. The number of aryl methyl sites for hydroxylation is 2. The molecule has 0 saturated carbocycles. The molecule has 1 N–H and O–H groups in total. The van der Waals surface area contributed by atoms with Crippen molar-refractivity contribution in [1.29, 1.82) is 0 Å². The van der Waals surface area contributed by atoms with Crippen LogP contribution in [0.2, 0.25) is 0 Å². The van der Waals surface area contributed by atoms with E-state index in [0.29, 0.717) is 6.04 Å². The van der Waals surface area contributed by atoms with Gasteiger partial charge in [0.2, 0.25) is 0 Å². The Balaban J connectivity index is 2.70. The number of ether oxygens (including phenoxy) is 1. The highest BCUT2D eigenvalue weighted by Gasteiger charge is 2.17. The molecule has 0 fully saturated rings. The maximum absolute atomic E-state index is 5.33. The van der Waals surface area contributed by atoms with Gasteiger partial charge in [-0.3, -0.25) is 4.68 Å². The highest BCUT2D eigenvalue weighted by atomic mass is 16.5. The van der Waals surface area contributed by atoms with E-state index in [1.165, 1.54) is 5.69 Å². The van der Waals surface area contributed by atoms with Crippen molar-refractivity contribution >= 4 is 0 Å². The van der Waals surface area contributed by atoms with E-state index >= 15 is 0 Å². The van der Waals surface area contributed by atoms with Gasteiger partial charge in [-0.15, -0.1) is 0 Å². The lowest BCUT2D eigenvalue weighted by molar-refractivity contribution is 0.0851. The zero-order valence-electron chi connectivity index (χ0n) is 10.2. The maximum atomic E-state index is 5.33. The number of hydrogen-bond donors (Lipinski definition) is 1. The Morgan fingerprint density at radius 2 is 2.27 bits per heavy atom. The predicted octanol–water partition coefficient (Wildman–Crippen LogP) is 0.894. The first kappa shape index (κ1) is 12.2. The van der Waals surface area contributed by atoms with Crippen molar-refractivity contribution in [1.82, 2.24) is 15.1 Å². The number of hydrogen-bond acceptors (Lipinski definition) is 3. The fraction of sp³-hybridized carbons (Fsp3) is 0.727. The van der Waals surface area contributed by atoms with Gasteiger partial charge in [0.25, 0.3) is 0 Å². The largest absolute Gasteiger partial charge is 0.380 e. The Labute approximate surface area is 91.6 Å². The number of methoxy groups -OCH3 is 1. The number of nitrogens with zero attached hydrogens (tertiary/aromatic N) is 2. The summed E-state index contributed by atoms with van der Waals surface area (Å²) < 4.78 is 7.26. The maximum Gasteiger partial charge on any atom is 0.0699 e. The molecule has 2 atom stereocenters. The zero-order valence-corrected chi connectivity index (χ0v) is 10.2. The first-order valence-electron chi connectivity index (χ1n) is 5.28. The third kappa shape index (κ3) is 3.04.